The Labute approximate surface area is 257 Å². The minimum atomic E-state index is -2.39. The Morgan fingerprint density at radius 1 is 1.14 bits per heavy atom. The number of anilines is 2. The highest BCUT2D eigenvalue weighted by atomic mass is 79.9. The molecular formula is C31H28BrF2N3O5S. The van der Waals surface area contributed by atoms with Crippen molar-refractivity contribution in [3.05, 3.63) is 100 Å². The number of nitrogens with one attached hydrogen (secondary N) is 1. The number of fused-ring (bicyclic) bond motifs is 1. The molecule has 0 amide bonds. The average Bonchev–Trinajstić information content (AvgIpc) is 3.44. The Bertz CT molecular complexity index is 1820. The van der Waals surface area contributed by atoms with Gasteiger partial charge in [-0.25, -0.2) is 18.7 Å². The maximum atomic E-state index is 15.5. The molecule has 1 aromatic heterocycles. The lowest BCUT2D eigenvalue weighted by Gasteiger charge is -2.30. The van der Waals surface area contributed by atoms with Crippen molar-refractivity contribution in [1.29, 1.82) is 0 Å². The average molecular weight is 673 g/mol. The fraction of sp³-hybridized carbons (Fsp3) is 0.258. The molecule has 0 saturated heterocycles. The van der Waals surface area contributed by atoms with Gasteiger partial charge >= 0.3 is 0 Å². The molecule has 12 heteroatoms. The number of halogens is 3. The molecule has 224 valence electrons. The Morgan fingerprint density at radius 3 is 2.67 bits per heavy atom. The van der Waals surface area contributed by atoms with Crippen molar-refractivity contribution in [3.63, 3.8) is 0 Å². The normalized spacial score (nSPS) is 16.0. The SMILES string of the molecule is CC(C)C(COCC1(c2cc3c(Nc4ccc(OCc5cccc(F)c5)c(Br)c4)ncnc3cc2F)CC=CO1)=S(=O)=O. The van der Waals surface area contributed by atoms with Crippen LogP contribution in [0.4, 0.5) is 20.3 Å². The van der Waals surface area contributed by atoms with E-state index < -0.39 is 21.7 Å². The van der Waals surface area contributed by atoms with Gasteiger partial charge in [0.25, 0.3) is 0 Å². The summed E-state index contributed by atoms with van der Waals surface area (Å²) in [6.45, 7) is 3.53. The summed E-state index contributed by atoms with van der Waals surface area (Å²) in [5.74, 6) is -0.0876. The second kappa shape index (κ2) is 13.2. The summed E-state index contributed by atoms with van der Waals surface area (Å²) in [5.41, 5.74) is 0.802. The fourth-order valence-corrected chi connectivity index (χ4v) is 5.74. The van der Waals surface area contributed by atoms with Crippen LogP contribution in [-0.2, 0) is 32.0 Å². The van der Waals surface area contributed by atoms with Gasteiger partial charge < -0.3 is 19.5 Å². The topological polar surface area (TPSA) is 99.6 Å². The first-order valence-corrected chi connectivity index (χ1v) is 15.3. The van der Waals surface area contributed by atoms with Gasteiger partial charge in [0.15, 0.2) is 5.60 Å². The van der Waals surface area contributed by atoms with E-state index in [1.54, 1.807) is 56.3 Å². The van der Waals surface area contributed by atoms with E-state index >= 15 is 4.39 Å². The van der Waals surface area contributed by atoms with Crippen LogP contribution in [0.1, 0.15) is 31.4 Å². The molecule has 0 bridgehead atoms. The maximum absolute atomic E-state index is 15.5. The monoisotopic (exact) mass is 671 g/mol. The van der Waals surface area contributed by atoms with Gasteiger partial charge in [0.05, 0.1) is 34.3 Å². The van der Waals surface area contributed by atoms with E-state index in [4.69, 9.17) is 14.2 Å². The molecule has 0 aliphatic carbocycles. The summed E-state index contributed by atoms with van der Waals surface area (Å²) < 4.78 is 70.4. The van der Waals surface area contributed by atoms with Gasteiger partial charge in [-0.1, -0.05) is 26.0 Å². The molecular weight excluding hydrogens is 644 g/mol. The van der Waals surface area contributed by atoms with Crippen molar-refractivity contribution in [2.45, 2.75) is 32.5 Å². The summed E-state index contributed by atoms with van der Waals surface area (Å²) >= 11 is 3.52. The molecule has 3 aromatic carbocycles. The van der Waals surface area contributed by atoms with Gasteiger partial charge in [-0.2, -0.15) is 8.42 Å². The quantitative estimate of drug-likeness (QED) is 0.173. The summed E-state index contributed by atoms with van der Waals surface area (Å²) in [7, 11) is -2.39. The third-order valence-corrected chi connectivity index (χ3v) is 8.61. The molecule has 8 nitrogen and oxygen atoms in total. The number of hydrogen-bond acceptors (Lipinski definition) is 8. The lowest BCUT2D eigenvalue weighted by Crippen LogP contribution is -2.33. The van der Waals surface area contributed by atoms with E-state index in [9.17, 15) is 12.8 Å². The van der Waals surface area contributed by atoms with Crippen LogP contribution < -0.4 is 10.1 Å². The number of nitrogens with zero attached hydrogens (tertiary/aromatic N) is 2. The van der Waals surface area contributed by atoms with Gasteiger partial charge in [-0.05, 0) is 69.9 Å². The molecule has 5 rings (SSSR count). The van der Waals surface area contributed by atoms with E-state index in [1.165, 1.54) is 30.8 Å². The van der Waals surface area contributed by atoms with Gasteiger partial charge in [0.1, 0.15) is 36.1 Å². The van der Waals surface area contributed by atoms with Crippen molar-refractivity contribution in [1.82, 2.24) is 9.97 Å². The molecule has 1 aliphatic rings. The highest BCUT2D eigenvalue weighted by molar-refractivity contribution is 9.10. The highest BCUT2D eigenvalue weighted by Crippen LogP contribution is 2.39. The summed E-state index contributed by atoms with van der Waals surface area (Å²) in [4.78, 5) is 8.86. The molecule has 0 saturated carbocycles. The zero-order valence-corrected chi connectivity index (χ0v) is 25.7. The highest BCUT2D eigenvalue weighted by Gasteiger charge is 2.39. The van der Waals surface area contributed by atoms with Gasteiger partial charge in [-0.3, -0.25) is 0 Å². The Balaban J connectivity index is 1.39. The van der Waals surface area contributed by atoms with Crippen molar-refractivity contribution in [3.8, 4) is 5.75 Å². The van der Waals surface area contributed by atoms with Gasteiger partial charge in [0, 0.05) is 29.1 Å². The number of rotatable bonds is 11. The van der Waals surface area contributed by atoms with Gasteiger partial charge in [0.2, 0.25) is 10.3 Å². The van der Waals surface area contributed by atoms with Crippen LogP contribution in [0.25, 0.3) is 10.9 Å². The van der Waals surface area contributed by atoms with Crippen LogP contribution in [0.3, 0.4) is 0 Å². The predicted molar refractivity (Wildman–Crippen MR) is 164 cm³/mol. The lowest BCUT2D eigenvalue weighted by atomic mass is 9.90. The smallest absolute Gasteiger partial charge is 0.215 e. The molecule has 0 spiro atoms. The van der Waals surface area contributed by atoms with E-state index in [2.05, 4.69) is 31.2 Å². The Kier molecular flexibility index (Phi) is 9.38. The molecule has 1 atom stereocenters. The standard InChI is InChI=1S/C31H28BrF2N3O5S/c1-19(2)29(43(38)39)16-40-17-31(9-4-10-42-31)24-13-23-27(14-26(24)34)35-18-36-30(23)37-22-7-8-28(25(32)12-22)41-15-20-5-3-6-21(33)11-20/h3-8,10-14,18-19H,9,15-17H2,1-2H3,(H,35,36,37). The van der Waals surface area contributed by atoms with Crippen molar-refractivity contribution < 1.29 is 31.4 Å². The zero-order valence-electron chi connectivity index (χ0n) is 23.3. The minimum absolute atomic E-state index is 0.0731. The van der Waals surface area contributed by atoms with Crippen LogP contribution in [-0.4, -0.2) is 36.5 Å². The van der Waals surface area contributed by atoms with Crippen LogP contribution in [0.5, 0.6) is 5.75 Å². The van der Waals surface area contributed by atoms with E-state index in [1.807, 2.05) is 0 Å². The maximum Gasteiger partial charge on any atom is 0.215 e. The molecule has 43 heavy (non-hydrogen) atoms. The molecule has 4 aromatic rings. The fourth-order valence-electron chi connectivity index (χ4n) is 4.68. The molecule has 1 N–H and O–H groups in total. The third-order valence-electron chi connectivity index (χ3n) is 6.97. The Hall–Kier alpha value is -3.87. The van der Waals surface area contributed by atoms with E-state index in [0.717, 1.165) is 0 Å². The number of benzene rings is 3. The molecule has 1 aliphatic heterocycles. The first-order valence-electron chi connectivity index (χ1n) is 13.4. The summed E-state index contributed by atoms with van der Waals surface area (Å²) in [6, 6.07) is 14.5. The summed E-state index contributed by atoms with van der Waals surface area (Å²) in [5, 5.41) is 3.81. The predicted octanol–water partition coefficient (Wildman–Crippen LogP) is 6.85. The second-order valence-corrected chi connectivity index (χ2v) is 12.1. The molecule has 0 radical (unpaired) electrons. The van der Waals surface area contributed by atoms with Crippen LogP contribution in [0.2, 0.25) is 0 Å². The first-order chi connectivity index (χ1) is 20.6. The van der Waals surface area contributed by atoms with Crippen LogP contribution in [0.15, 0.2) is 77.7 Å². The van der Waals surface area contributed by atoms with E-state index in [0.29, 0.717) is 44.6 Å². The van der Waals surface area contributed by atoms with Gasteiger partial charge in [-0.15, -0.1) is 0 Å². The number of ether oxygens (including phenoxy) is 3. The molecule has 2 heterocycles. The minimum Gasteiger partial charge on any atom is -0.488 e. The lowest BCUT2D eigenvalue weighted by molar-refractivity contribution is -0.0386. The first kappa shape index (κ1) is 30.6. The summed E-state index contributed by atoms with van der Waals surface area (Å²) in [6.07, 6.45) is 4.92. The van der Waals surface area contributed by atoms with E-state index in [-0.39, 0.29) is 42.0 Å². The van der Waals surface area contributed by atoms with Crippen LogP contribution >= 0.6 is 15.9 Å². The largest absolute Gasteiger partial charge is 0.488 e. The third kappa shape index (κ3) is 7.03. The number of hydrogen-bond donors (Lipinski definition) is 1. The zero-order chi connectivity index (χ0) is 30.6. The second-order valence-electron chi connectivity index (χ2n) is 10.3. The van der Waals surface area contributed by atoms with Crippen molar-refractivity contribution in [2.24, 2.45) is 5.92 Å². The Morgan fingerprint density at radius 2 is 1.98 bits per heavy atom. The molecule has 1 unspecified atom stereocenters. The van der Waals surface area contributed by atoms with Crippen LogP contribution in [0, 0.1) is 17.6 Å². The van der Waals surface area contributed by atoms with Crippen molar-refractivity contribution in [2.75, 3.05) is 18.5 Å². The number of aromatic nitrogens is 2. The molecule has 0 fully saturated rings. The van der Waals surface area contributed by atoms with Crippen molar-refractivity contribution >= 4 is 53.5 Å².